The van der Waals surface area contributed by atoms with Crippen LogP contribution in [0, 0.1) is 5.92 Å². The summed E-state index contributed by atoms with van der Waals surface area (Å²) < 4.78 is 34.8. The predicted molar refractivity (Wildman–Crippen MR) is 150 cm³/mol. The lowest BCUT2D eigenvalue weighted by molar-refractivity contribution is -0.124. The molecule has 2 amide bonds. The minimum atomic E-state index is -3.83. The fourth-order valence-electron chi connectivity index (χ4n) is 4.85. The van der Waals surface area contributed by atoms with Gasteiger partial charge in [0, 0.05) is 24.7 Å². The van der Waals surface area contributed by atoms with Gasteiger partial charge in [0.2, 0.25) is 10.0 Å². The summed E-state index contributed by atoms with van der Waals surface area (Å²) >= 11 is 0. The number of unbranched alkanes of at least 4 members (excludes halogenated alkanes) is 3. The molecule has 9 nitrogen and oxygen atoms in total. The molecule has 39 heavy (non-hydrogen) atoms. The largest absolute Gasteiger partial charge is 0.494 e. The van der Waals surface area contributed by atoms with Crippen molar-refractivity contribution in [2.75, 3.05) is 6.61 Å². The molecule has 1 aromatic carbocycles. The van der Waals surface area contributed by atoms with E-state index in [1.165, 1.54) is 12.8 Å². The van der Waals surface area contributed by atoms with Crippen LogP contribution in [0.5, 0.6) is 5.75 Å². The topological polar surface area (TPSA) is 119 Å². The minimum absolute atomic E-state index is 0.210. The Morgan fingerprint density at radius 3 is 2.54 bits per heavy atom. The van der Waals surface area contributed by atoms with E-state index in [2.05, 4.69) is 35.9 Å². The number of carbonyl (C=O) groups is 2. The van der Waals surface area contributed by atoms with Crippen molar-refractivity contribution in [3.05, 3.63) is 53.4 Å². The fraction of sp³-hybridized carbons (Fsp3) is 0.552. The summed E-state index contributed by atoms with van der Waals surface area (Å²) in [7, 11) is -3.83. The van der Waals surface area contributed by atoms with Crippen LogP contribution in [-0.4, -0.2) is 41.9 Å². The van der Waals surface area contributed by atoms with Gasteiger partial charge in [-0.05, 0) is 55.9 Å². The monoisotopic (exact) mass is 556 g/mol. The van der Waals surface area contributed by atoms with Gasteiger partial charge >= 0.3 is 0 Å². The van der Waals surface area contributed by atoms with Gasteiger partial charge in [0.1, 0.15) is 11.3 Å². The van der Waals surface area contributed by atoms with Crippen LogP contribution in [0.3, 0.4) is 0 Å². The number of hydrogen-bond acceptors (Lipinski definition) is 6. The molecule has 0 saturated heterocycles. The molecule has 2 heterocycles. The van der Waals surface area contributed by atoms with E-state index in [4.69, 9.17) is 4.74 Å². The molecule has 1 unspecified atom stereocenters. The third-order valence-electron chi connectivity index (χ3n) is 7.13. The standard InChI is InChI=1S/C29H40N4O5S/c1-5-6-7-8-17-38-22-11-9-21(10-12-22)29(4)18-24(25-15-16-33(31-25)19-20(2)3)26(27(34)30-29)28(35)32-39(36,37)23-13-14-23/h9-12,15-16,20,23H,5-8,13-14,17-19H2,1-4H3,(H,30,34)(H,32,35). The molecule has 1 fully saturated rings. The van der Waals surface area contributed by atoms with E-state index < -0.39 is 32.6 Å². The molecule has 0 spiro atoms. The number of benzene rings is 1. The maximum atomic E-state index is 13.5. The predicted octanol–water partition coefficient (Wildman–Crippen LogP) is 4.30. The molecule has 0 radical (unpaired) electrons. The number of hydrogen-bond donors (Lipinski definition) is 2. The average Bonchev–Trinajstić information content (AvgIpc) is 3.64. The highest BCUT2D eigenvalue weighted by molar-refractivity contribution is 7.91. The lowest BCUT2D eigenvalue weighted by atomic mass is 9.79. The molecule has 0 bridgehead atoms. The van der Waals surface area contributed by atoms with Crippen molar-refractivity contribution < 1.29 is 22.7 Å². The van der Waals surface area contributed by atoms with Crippen LogP contribution < -0.4 is 14.8 Å². The van der Waals surface area contributed by atoms with Crippen LogP contribution >= 0.6 is 0 Å². The number of sulfonamides is 1. The number of amides is 2. The van der Waals surface area contributed by atoms with Crippen LogP contribution in [0.4, 0.5) is 0 Å². The highest BCUT2D eigenvalue weighted by atomic mass is 32.2. The molecule has 212 valence electrons. The van der Waals surface area contributed by atoms with E-state index >= 15 is 0 Å². The minimum Gasteiger partial charge on any atom is -0.494 e. The third-order valence-corrected chi connectivity index (χ3v) is 8.95. The van der Waals surface area contributed by atoms with E-state index in [0.29, 0.717) is 43.2 Å². The highest BCUT2D eigenvalue weighted by Crippen LogP contribution is 2.39. The molecule has 10 heteroatoms. The first-order valence-electron chi connectivity index (χ1n) is 13.9. The van der Waals surface area contributed by atoms with E-state index in [-0.39, 0.29) is 12.0 Å². The Balaban J connectivity index is 1.61. The number of nitrogens with one attached hydrogen (secondary N) is 2. The van der Waals surface area contributed by atoms with E-state index in [1.54, 1.807) is 10.7 Å². The number of rotatable bonds is 13. The molecule has 1 saturated carbocycles. The number of aromatic nitrogens is 2. The second-order valence-corrected chi connectivity index (χ2v) is 13.2. The van der Waals surface area contributed by atoms with Gasteiger partial charge in [-0.25, -0.2) is 13.1 Å². The zero-order valence-electron chi connectivity index (χ0n) is 23.3. The Hall–Kier alpha value is -3.14. The van der Waals surface area contributed by atoms with Gasteiger partial charge in [0.15, 0.2) is 0 Å². The van der Waals surface area contributed by atoms with Gasteiger partial charge in [-0.15, -0.1) is 0 Å². The third kappa shape index (κ3) is 7.09. The average molecular weight is 557 g/mol. The smallest absolute Gasteiger partial charge is 0.270 e. The van der Waals surface area contributed by atoms with Gasteiger partial charge < -0.3 is 10.1 Å². The van der Waals surface area contributed by atoms with Crippen molar-refractivity contribution in [2.45, 2.75) is 90.0 Å². The van der Waals surface area contributed by atoms with E-state index in [9.17, 15) is 18.0 Å². The summed E-state index contributed by atoms with van der Waals surface area (Å²) in [6.07, 6.45) is 7.61. The molecule has 2 N–H and O–H groups in total. The van der Waals surface area contributed by atoms with Crippen molar-refractivity contribution in [3.63, 3.8) is 0 Å². The van der Waals surface area contributed by atoms with Gasteiger partial charge in [0.25, 0.3) is 11.8 Å². The molecule has 1 atom stereocenters. The fourth-order valence-corrected chi connectivity index (χ4v) is 6.13. The Morgan fingerprint density at radius 2 is 1.90 bits per heavy atom. The second-order valence-electron chi connectivity index (χ2n) is 11.2. The number of carbonyl (C=O) groups excluding carboxylic acids is 2. The molecular weight excluding hydrogens is 516 g/mol. The normalized spacial score (nSPS) is 19.8. The molecule has 1 aliphatic heterocycles. The first kappa shape index (κ1) is 28.9. The summed E-state index contributed by atoms with van der Waals surface area (Å²) in [4.78, 5) is 26.7. The van der Waals surface area contributed by atoms with Crippen molar-refractivity contribution >= 4 is 27.4 Å². The molecule has 2 aliphatic rings. The lowest BCUT2D eigenvalue weighted by Crippen LogP contribution is -2.51. The lowest BCUT2D eigenvalue weighted by Gasteiger charge is -2.37. The van der Waals surface area contributed by atoms with E-state index in [1.807, 2.05) is 37.4 Å². The molecule has 1 aromatic heterocycles. The first-order chi connectivity index (χ1) is 18.5. The van der Waals surface area contributed by atoms with Gasteiger partial charge in [-0.1, -0.05) is 52.2 Å². The van der Waals surface area contributed by atoms with Crippen LogP contribution in [0.1, 0.15) is 83.9 Å². The van der Waals surface area contributed by atoms with E-state index in [0.717, 1.165) is 24.2 Å². The Labute approximate surface area is 231 Å². The van der Waals surface area contributed by atoms with Crippen molar-refractivity contribution in [1.29, 1.82) is 0 Å². The summed E-state index contributed by atoms with van der Waals surface area (Å²) in [5.74, 6) is -0.432. The Kier molecular flexibility index (Phi) is 8.83. The molecule has 2 aromatic rings. The zero-order valence-corrected chi connectivity index (χ0v) is 24.1. The summed E-state index contributed by atoms with van der Waals surface area (Å²) in [6.45, 7) is 9.55. The molecule has 4 rings (SSSR count). The van der Waals surface area contributed by atoms with Gasteiger partial charge in [-0.3, -0.25) is 14.3 Å². The van der Waals surface area contributed by atoms with Crippen molar-refractivity contribution in [2.24, 2.45) is 5.92 Å². The number of nitrogens with zero attached hydrogens (tertiary/aromatic N) is 2. The first-order valence-corrected chi connectivity index (χ1v) is 15.5. The summed E-state index contributed by atoms with van der Waals surface area (Å²) in [5.41, 5.74) is 0.700. The van der Waals surface area contributed by atoms with Crippen LogP contribution in [0.2, 0.25) is 0 Å². The highest BCUT2D eigenvalue weighted by Gasteiger charge is 2.43. The quantitative estimate of drug-likeness (QED) is 0.281. The van der Waals surface area contributed by atoms with Crippen LogP contribution in [0.25, 0.3) is 5.57 Å². The molecule has 1 aliphatic carbocycles. The number of ether oxygens (including phenoxy) is 1. The van der Waals surface area contributed by atoms with Crippen molar-refractivity contribution in [1.82, 2.24) is 19.8 Å². The van der Waals surface area contributed by atoms with Crippen molar-refractivity contribution in [3.8, 4) is 5.75 Å². The Morgan fingerprint density at radius 1 is 1.18 bits per heavy atom. The summed E-state index contributed by atoms with van der Waals surface area (Å²) in [5, 5.41) is 7.03. The summed E-state index contributed by atoms with van der Waals surface area (Å²) in [6, 6.07) is 9.38. The SMILES string of the molecule is CCCCCCOc1ccc(C2(C)CC(c3ccn(CC(C)C)n3)=C(C(=O)NS(=O)(=O)C3CC3)C(=O)N2)cc1. The Bertz CT molecular complexity index is 1330. The second kappa shape index (κ2) is 11.9. The zero-order chi connectivity index (χ0) is 28.2. The van der Waals surface area contributed by atoms with Gasteiger partial charge in [0.05, 0.1) is 23.1 Å². The van der Waals surface area contributed by atoms with Gasteiger partial charge in [-0.2, -0.15) is 5.10 Å². The molecular formula is C29H40N4O5S. The van der Waals surface area contributed by atoms with Crippen LogP contribution in [-0.2, 0) is 31.7 Å². The van der Waals surface area contributed by atoms with Crippen LogP contribution in [0.15, 0.2) is 42.1 Å². The maximum absolute atomic E-state index is 13.5. The maximum Gasteiger partial charge on any atom is 0.270 e.